The minimum Gasteiger partial charge on any atom is -0.321 e. The highest BCUT2D eigenvalue weighted by molar-refractivity contribution is 5.50. The third-order valence-electron chi connectivity index (χ3n) is 6.22. The first-order chi connectivity index (χ1) is 12.5. The number of nitrogens with zero attached hydrogens (tertiary/aromatic N) is 2. The van der Waals surface area contributed by atoms with E-state index < -0.39 is 0 Å². The van der Waals surface area contributed by atoms with E-state index in [0.29, 0.717) is 11.8 Å². The highest BCUT2D eigenvalue weighted by atomic mass is 15.4. The molecular formula is C22H40N4+2. The van der Waals surface area contributed by atoms with Gasteiger partial charge < -0.3 is 4.90 Å². The molecule has 2 unspecified atom stereocenters. The second-order valence-corrected chi connectivity index (χ2v) is 9.09. The van der Waals surface area contributed by atoms with Crippen LogP contribution in [0.5, 0.6) is 0 Å². The molecule has 2 heterocycles. The average Bonchev–Trinajstić information content (AvgIpc) is 3.23. The summed E-state index contributed by atoms with van der Waals surface area (Å²) in [6, 6.07) is 6.97. The molecule has 0 spiro atoms. The van der Waals surface area contributed by atoms with Crippen molar-refractivity contribution in [3.63, 3.8) is 0 Å². The van der Waals surface area contributed by atoms with Crippen LogP contribution in [-0.2, 0) is 0 Å². The molecular weight excluding hydrogens is 320 g/mol. The largest absolute Gasteiger partial charge is 0.321 e. The Morgan fingerprint density at radius 3 is 2.23 bits per heavy atom. The molecule has 2 N–H and O–H groups in total. The predicted molar refractivity (Wildman–Crippen MR) is 109 cm³/mol. The fraction of sp³-hybridized carbons (Fsp3) is 0.727. The summed E-state index contributed by atoms with van der Waals surface area (Å²) in [6.45, 7) is 19.4. The molecule has 4 nitrogen and oxygen atoms in total. The fourth-order valence-electron chi connectivity index (χ4n) is 4.72. The first-order valence-electron chi connectivity index (χ1n) is 10.7. The van der Waals surface area contributed by atoms with E-state index in [-0.39, 0.29) is 0 Å². The molecule has 0 amide bonds. The summed E-state index contributed by atoms with van der Waals surface area (Å²) in [4.78, 5) is 8.60. The van der Waals surface area contributed by atoms with Crippen molar-refractivity contribution in [3.8, 4) is 0 Å². The van der Waals surface area contributed by atoms with Crippen LogP contribution in [0.3, 0.4) is 0 Å². The van der Waals surface area contributed by atoms with E-state index in [2.05, 4.69) is 62.7 Å². The van der Waals surface area contributed by atoms with E-state index in [9.17, 15) is 0 Å². The molecule has 3 rings (SSSR count). The Labute approximate surface area is 160 Å². The van der Waals surface area contributed by atoms with E-state index in [1.807, 2.05) is 0 Å². The van der Waals surface area contributed by atoms with Gasteiger partial charge in [-0.25, -0.2) is 0 Å². The topological polar surface area (TPSA) is 15.4 Å². The number of para-hydroxylation sites is 1. The Morgan fingerprint density at radius 1 is 0.962 bits per heavy atom. The van der Waals surface area contributed by atoms with Gasteiger partial charge in [-0.1, -0.05) is 45.9 Å². The molecule has 0 saturated carbocycles. The van der Waals surface area contributed by atoms with Crippen molar-refractivity contribution in [1.29, 1.82) is 0 Å². The van der Waals surface area contributed by atoms with Crippen LogP contribution in [0.2, 0.25) is 0 Å². The van der Waals surface area contributed by atoms with Crippen LogP contribution in [0.25, 0.3) is 0 Å². The molecule has 146 valence electrons. The number of hydrogen-bond acceptors (Lipinski definition) is 2. The maximum Gasteiger partial charge on any atom is 0.139 e. The van der Waals surface area contributed by atoms with E-state index in [4.69, 9.17) is 0 Å². The van der Waals surface area contributed by atoms with Crippen molar-refractivity contribution in [1.82, 2.24) is 9.80 Å². The number of rotatable bonds is 7. The summed E-state index contributed by atoms with van der Waals surface area (Å²) in [5.74, 6) is 1.20. The van der Waals surface area contributed by atoms with Crippen LogP contribution in [0, 0.1) is 0 Å². The molecule has 0 bridgehead atoms. The molecule has 0 radical (unpaired) electrons. The van der Waals surface area contributed by atoms with Crippen LogP contribution in [-0.4, -0.2) is 69.5 Å². The summed E-state index contributed by atoms with van der Waals surface area (Å²) in [6.07, 6.45) is 1.33. The van der Waals surface area contributed by atoms with Crippen LogP contribution in [0.1, 0.15) is 57.1 Å². The van der Waals surface area contributed by atoms with Crippen molar-refractivity contribution in [2.24, 2.45) is 0 Å². The molecule has 1 aromatic rings. The van der Waals surface area contributed by atoms with E-state index in [1.54, 1.807) is 26.6 Å². The number of nitrogens with one attached hydrogen (secondary N) is 2. The third kappa shape index (κ3) is 4.66. The van der Waals surface area contributed by atoms with E-state index >= 15 is 0 Å². The van der Waals surface area contributed by atoms with Gasteiger partial charge in [-0.05, 0) is 18.9 Å². The quantitative estimate of drug-likeness (QED) is 0.751. The average molecular weight is 361 g/mol. The van der Waals surface area contributed by atoms with Crippen molar-refractivity contribution >= 4 is 5.69 Å². The van der Waals surface area contributed by atoms with Gasteiger partial charge in [0.05, 0.1) is 32.7 Å². The van der Waals surface area contributed by atoms with Gasteiger partial charge in [-0.15, -0.1) is 0 Å². The first kappa shape index (κ1) is 19.8. The molecule has 2 aliphatic rings. The Balaban J connectivity index is 1.60. The minimum absolute atomic E-state index is 0.598. The minimum atomic E-state index is 0.598. The second-order valence-electron chi connectivity index (χ2n) is 9.09. The molecule has 2 aliphatic heterocycles. The van der Waals surface area contributed by atoms with Gasteiger partial charge in [0, 0.05) is 24.1 Å². The molecule has 0 aliphatic carbocycles. The van der Waals surface area contributed by atoms with Gasteiger partial charge >= 0.3 is 0 Å². The Morgan fingerprint density at radius 2 is 1.65 bits per heavy atom. The van der Waals surface area contributed by atoms with Crippen LogP contribution in [0.15, 0.2) is 18.2 Å². The Kier molecular flexibility index (Phi) is 6.73. The predicted octanol–water partition coefficient (Wildman–Crippen LogP) is 0.901. The van der Waals surface area contributed by atoms with Gasteiger partial charge in [0.15, 0.2) is 0 Å². The monoisotopic (exact) mass is 360 g/mol. The maximum atomic E-state index is 2.69. The van der Waals surface area contributed by atoms with Crippen molar-refractivity contribution < 1.29 is 9.80 Å². The van der Waals surface area contributed by atoms with Gasteiger partial charge in [0.2, 0.25) is 0 Å². The number of quaternary nitrogens is 2. The van der Waals surface area contributed by atoms with Gasteiger partial charge in [0.1, 0.15) is 19.0 Å². The zero-order chi connectivity index (χ0) is 18.7. The number of likely N-dealkylation sites (N-methyl/N-ethyl adjacent to an activating group) is 1. The second kappa shape index (κ2) is 8.83. The molecule has 4 heteroatoms. The number of benzene rings is 1. The van der Waals surface area contributed by atoms with E-state index in [0.717, 1.165) is 0 Å². The van der Waals surface area contributed by atoms with Crippen molar-refractivity contribution in [2.75, 3.05) is 59.7 Å². The Bertz CT molecular complexity index is 557. The molecule has 2 atom stereocenters. The molecule has 0 aromatic heterocycles. The maximum absolute atomic E-state index is 2.69. The zero-order valence-corrected chi connectivity index (χ0v) is 17.6. The summed E-state index contributed by atoms with van der Waals surface area (Å²) < 4.78 is 0. The first-order valence-corrected chi connectivity index (χ1v) is 10.7. The molecule has 26 heavy (non-hydrogen) atoms. The zero-order valence-electron chi connectivity index (χ0n) is 17.6. The molecule has 1 aromatic carbocycles. The SMILES string of the molecule is CC(C)c1cccc(C(C)C)c1[NH+]1CCN(CCC[NH+]2CCN(C)C2)C1. The lowest BCUT2D eigenvalue weighted by Crippen LogP contribution is -3.10. The van der Waals surface area contributed by atoms with Crippen molar-refractivity contribution in [3.05, 3.63) is 29.3 Å². The molecule has 2 saturated heterocycles. The van der Waals surface area contributed by atoms with Crippen LogP contribution in [0.4, 0.5) is 5.69 Å². The van der Waals surface area contributed by atoms with Gasteiger partial charge in [-0.2, -0.15) is 0 Å². The lowest BCUT2D eigenvalue weighted by Gasteiger charge is -2.23. The Hall–Kier alpha value is -0.940. The lowest BCUT2D eigenvalue weighted by atomic mass is 9.92. The number of hydrogen-bond donors (Lipinski definition) is 2. The summed E-state index contributed by atoms with van der Waals surface area (Å²) in [7, 11) is 2.24. The standard InChI is InChI=1S/C22H38N4/c1-18(2)20-8-6-9-21(19(3)4)22(20)26-15-14-25(17-26)11-7-10-24-13-12-23(5)16-24/h6,8-9,18-19H,7,10-17H2,1-5H3/p+2. The summed E-state index contributed by atoms with van der Waals surface area (Å²) in [5.41, 5.74) is 4.71. The molecule has 2 fully saturated rings. The van der Waals surface area contributed by atoms with Gasteiger partial charge in [0.25, 0.3) is 0 Å². The summed E-state index contributed by atoms with van der Waals surface area (Å²) in [5, 5.41) is 0. The van der Waals surface area contributed by atoms with Crippen molar-refractivity contribution in [2.45, 2.75) is 46.0 Å². The lowest BCUT2D eigenvalue weighted by molar-refractivity contribution is -0.891. The van der Waals surface area contributed by atoms with Gasteiger partial charge in [-0.3, -0.25) is 14.7 Å². The van der Waals surface area contributed by atoms with Crippen LogP contribution >= 0.6 is 0 Å². The van der Waals surface area contributed by atoms with E-state index in [1.165, 1.54) is 59.0 Å². The fourth-order valence-corrected chi connectivity index (χ4v) is 4.72. The van der Waals surface area contributed by atoms with Crippen LogP contribution < -0.4 is 9.80 Å². The third-order valence-corrected chi connectivity index (χ3v) is 6.22. The highest BCUT2D eigenvalue weighted by Crippen LogP contribution is 2.29. The summed E-state index contributed by atoms with van der Waals surface area (Å²) >= 11 is 0. The normalized spacial score (nSPS) is 25.0. The highest BCUT2D eigenvalue weighted by Gasteiger charge is 2.30. The smallest absolute Gasteiger partial charge is 0.139 e.